The van der Waals surface area contributed by atoms with Crippen molar-refractivity contribution in [3.63, 3.8) is 0 Å². The van der Waals surface area contributed by atoms with Crippen molar-refractivity contribution < 1.29 is 0 Å². The summed E-state index contributed by atoms with van der Waals surface area (Å²) >= 11 is 0. The Morgan fingerprint density at radius 2 is 1.48 bits per heavy atom. The van der Waals surface area contributed by atoms with Gasteiger partial charge in [-0.15, -0.1) is 12.4 Å². The zero-order valence-corrected chi connectivity index (χ0v) is 14.9. The van der Waals surface area contributed by atoms with Crippen LogP contribution in [0.25, 0.3) is 0 Å². The minimum atomic E-state index is 0. The average molecular weight is 328 g/mol. The molecule has 2 bridgehead atoms. The molecule has 0 N–H and O–H groups in total. The number of fused-ring (bicyclic) bond motifs is 8. The van der Waals surface area contributed by atoms with Gasteiger partial charge in [-0.25, -0.2) is 0 Å². The summed E-state index contributed by atoms with van der Waals surface area (Å²) < 4.78 is 0. The summed E-state index contributed by atoms with van der Waals surface area (Å²) in [5.41, 5.74) is 6.71. The maximum Gasteiger partial charge on any atom is 0.0217 e. The van der Waals surface area contributed by atoms with Crippen LogP contribution in [-0.4, -0.2) is 25.5 Å². The summed E-state index contributed by atoms with van der Waals surface area (Å²) in [6.07, 6.45) is 5.20. The van der Waals surface area contributed by atoms with E-state index in [9.17, 15) is 0 Å². The lowest BCUT2D eigenvalue weighted by atomic mass is 9.72. The van der Waals surface area contributed by atoms with Crippen molar-refractivity contribution in [3.05, 3.63) is 70.8 Å². The van der Waals surface area contributed by atoms with Crippen molar-refractivity contribution in [3.8, 4) is 0 Å². The third-order valence-corrected chi connectivity index (χ3v) is 5.72. The normalized spacial score (nSPS) is 23.5. The Kier molecular flexibility index (Phi) is 4.53. The van der Waals surface area contributed by atoms with Crippen LogP contribution >= 0.6 is 12.4 Å². The van der Waals surface area contributed by atoms with Gasteiger partial charge in [-0.3, -0.25) is 0 Å². The van der Waals surface area contributed by atoms with Crippen molar-refractivity contribution in [1.82, 2.24) is 4.90 Å². The van der Waals surface area contributed by atoms with Crippen LogP contribution in [0.2, 0.25) is 0 Å². The first-order valence-electron chi connectivity index (χ1n) is 8.56. The lowest BCUT2D eigenvalue weighted by molar-refractivity contribution is 0.373. The lowest BCUT2D eigenvalue weighted by Gasteiger charge is -2.31. The van der Waals surface area contributed by atoms with Crippen LogP contribution in [0.15, 0.2) is 48.5 Å². The largest absolute Gasteiger partial charge is 0.309 e. The van der Waals surface area contributed by atoms with Crippen LogP contribution in [0.1, 0.15) is 53.9 Å². The number of hydrogen-bond acceptors (Lipinski definition) is 1. The lowest BCUT2D eigenvalue weighted by Crippen LogP contribution is -2.24. The van der Waals surface area contributed by atoms with Gasteiger partial charge in [-0.05, 0) is 62.2 Å². The second-order valence-corrected chi connectivity index (χ2v) is 7.27. The minimum absolute atomic E-state index is 0. The van der Waals surface area contributed by atoms with Crippen molar-refractivity contribution in [1.29, 1.82) is 0 Å². The number of halogens is 1. The molecule has 0 aromatic heterocycles. The Labute approximate surface area is 146 Å². The molecular formula is C21H26ClN. The Balaban J connectivity index is 0.00000156. The standard InChI is InChI=1S/C21H25N.ClH/c1-22(2)14-8-7-13-21-15-18(16-9-3-5-11-19(16)21)17-10-4-6-12-20(17)21;/h3-6,9-12,18H,7-8,13-15H2,1-2H3;1H. The molecule has 4 rings (SSSR count). The Morgan fingerprint density at radius 3 is 2.04 bits per heavy atom. The molecule has 2 heteroatoms. The zero-order chi connectivity index (χ0) is 15.2. The van der Waals surface area contributed by atoms with Gasteiger partial charge in [-0.1, -0.05) is 55.0 Å². The molecule has 0 spiro atoms. The monoisotopic (exact) mass is 327 g/mol. The topological polar surface area (TPSA) is 3.24 Å². The van der Waals surface area contributed by atoms with Crippen LogP contribution in [0.5, 0.6) is 0 Å². The number of hydrogen-bond donors (Lipinski definition) is 0. The van der Waals surface area contributed by atoms with E-state index < -0.39 is 0 Å². The Morgan fingerprint density at radius 1 is 0.913 bits per heavy atom. The van der Waals surface area contributed by atoms with Crippen molar-refractivity contribution in [2.24, 2.45) is 0 Å². The molecule has 0 saturated heterocycles. The molecule has 23 heavy (non-hydrogen) atoms. The summed E-state index contributed by atoms with van der Waals surface area (Å²) in [5.74, 6) is 0.640. The van der Waals surface area contributed by atoms with Crippen molar-refractivity contribution in [2.75, 3.05) is 20.6 Å². The van der Waals surface area contributed by atoms with Gasteiger partial charge in [-0.2, -0.15) is 0 Å². The highest BCUT2D eigenvalue weighted by atomic mass is 35.5. The van der Waals surface area contributed by atoms with Crippen molar-refractivity contribution >= 4 is 12.4 Å². The fourth-order valence-electron chi connectivity index (χ4n) is 4.80. The van der Waals surface area contributed by atoms with Gasteiger partial charge in [0.1, 0.15) is 0 Å². The first kappa shape index (κ1) is 16.5. The van der Waals surface area contributed by atoms with E-state index in [0.717, 1.165) is 0 Å². The van der Waals surface area contributed by atoms with Gasteiger partial charge in [0.2, 0.25) is 0 Å². The molecule has 122 valence electrons. The van der Waals surface area contributed by atoms with Crippen LogP contribution < -0.4 is 0 Å². The predicted molar refractivity (Wildman–Crippen MR) is 99.8 cm³/mol. The van der Waals surface area contributed by atoms with Crippen LogP contribution in [0.4, 0.5) is 0 Å². The highest BCUT2D eigenvalue weighted by Crippen LogP contribution is 2.61. The summed E-state index contributed by atoms with van der Waals surface area (Å²) in [7, 11) is 4.34. The molecule has 0 atom stereocenters. The summed E-state index contributed by atoms with van der Waals surface area (Å²) in [4.78, 5) is 2.30. The average Bonchev–Trinajstić information content (AvgIpc) is 3.04. The Bertz CT molecular complexity index is 644. The van der Waals surface area contributed by atoms with Crippen LogP contribution in [-0.2, 0) is 5.41 Å². The quantitative estimate of drug-likeness (QED) is 0.700. The van der Waals surface area contributed by atoms with Gasteiger partial charge in [0, 0.05) is 11.3 Å². The molecule has 0 heterocycles. The molecule has 0 unspecified atom stereocenters. The number of rotatable bonds is 5. The molecule has 2 aliphatic carbocycles. The molecule has 2 aromatic rings. The van der Waals surface area contributed by atoms with Gasteiger partial charge in [0.05, 0.1) is 0 Å². The third kappa shape index (κ3) is 2.51. The van der Waals surface area contributed by atoms with Crippen LogP contribution in [0.3, 0.4) is 0 Å². The number of unbranched alkanes of at least 4 members (excludes halogenated alkanes) is 1. The van der Waals surface area contributed by atoms with E-state index in [1.165, 1.54) is 32.2 Å². The molecule has 0 radical (unpaired) electrons. The first-order chi connectivity index (χ1) is 10.7. The second-order valence-electron chi connectivity index (χ2n) is 7.27. The van der Waals surface area contributed by atoms with E-state index in [-0.39, 0.29) is 12.4 Å². The summed E-state index contributed by atoms with van der Waals surface area (Å²) in [5, 5.41) is 0. The molecule has 2 aromatic carbocycles. The fraction of sp³-hybridized carbons (Fsp3) is 0.429. The van der Waals surface area contributed by atoms with Gasteiger partial charge in [0.15, 0.2) is 0 Å². The molecule has 1 nitrogen and oxygen atoms in total. The number of benzene rings is 2. The molecular weight excluding hydrogens is 302 g/mol. The highest BCUT2D eigenvalue weighted by Gasteiger charge is 2.51. The minimum Gasteiger partial charge on any atom is -0.309 e. The molecule has 2 aliphatic rings. The van der Waals surface area contributed by atoms with E-state index in [0.29, 0.717) is 11.3 Å². The van der Waals surface area contributed by atoms with Crippen LogP contribution in [0, 0.1) is 0 Å². The van der Waals surface area contributed by atoms with Gasteiger partial charge < -0.3 is 4.90 Å². The maximum atomic E-state index is 2.39. The molecule has 0 aliphatic heterocycles. The molecule has 0 amide bonds. The van der Waals surface area contributed by atoms with E-state index >= 15 is 0 Å². The highest BCUT2D eigenvalue weighted by molar-refractivity contribution is 5.85. The summed E-state index contributed by atoms with van der Waals surface area (Å²) in [6, 6.07) is 18.4. The molecule has 0 saturated carbocycles. The number of nitrogens with zero attached hydrogens (tertiary/aromatic N) is 1. The third-order valence-electron chi connectivity index (χ3n) is 5.72. The van der Waals surface area contributed by atoms with Gasteiger partial charge in [0.25, 0.3) is 0 Å². The SMILES string of the molecule is CN(C)CCCCC12CC(c3ccccc31)c1ccccc12.Cl. The maximum absolute atomic E-state index is 2.39. The smallest absolute Gasteiger partial charge is 0.0217 e. The summed E-state index contributed by atoms with van der Waals surface area (Å²) in [6.45, 7) is 1.20. The Hall–Kier alpha value is -1.31. The second kappa shape index (κ2) is 6.30. The van der Waals surface area contributed by atoms with E-state index in [2.05, 4.69) is 67.5 Å². The van der Waals surface area contributed by atoms with Crippen molar-refractivity contribution in [2.45, 2.75) is 37.0 Å². The van der Waals surface area contributed by atoms with E-state index in [1.54, 1.807) is 22.3 Å². The van der Waals surface area contributed by atoms with E-state index in [4.69, 9.17) is 0 Å². The first-order valence-corrected chi connectivity index (χ1v) is 8.56. The predicted octanol–water partition coefficient (Wildman–Crippen LogP) is 4.98. The zero-order valence-electron chi connectivity index (χ0n) is 14.1. The molecule has 0 fully saturated rings. The van der Waals surface area contributed by atoms with E-state index in [1.807, 2.05) is 0 Å². The fourth-order valence-corrected chi connectivity index (χ4v) is 4.80. The van der Waals surface area contributed by atoms with Gasteiger partial charge >= 0.3 is 0 Å².